The largest absolute Gasteiger partial charge is 0.494 e. The molecule has 0 aliphatic carbocycles. The molecule has 4 N–H and O–H groups in total. The summed E-state index contributed by atoms with van der Waals surface area (Å²) in [6.07, 6.45) is 0. The van der Waals surface area contributed by atoms with Gasteiger partial charge >= 0.3 is 0 Å². The second kappa shape index (κ2) is 3.53. The Bertz CT molecular complexity index is 718. The molecule has 0 saturated heterocycles. The molecule has 3 nitrogen and oxygen atoms in total. The number of nitrogen functional groups attached to an aromatic ring is 2. The van der Waals surface area contributed by atoms with Crippen molar-refractivity contribution in [2.75, 3.05) is 18.6 Å². The van der Waals surface area contributed by atoms with Gasteiger partial charge in [0.15, 0.2) is 0 Å². The summed E-state index contributed by atoms with van der Waals surface area (Å²) in [5, 5.41) is 2.14. The Morgan fingerprint density at radius 2 is 1.94 bits per heavy atom. The average Bonchev–Trinajstić information content (AvgIpc) is 2.73. The molecule has 0 spiro atoms. The third-order valence-electron chi connectivity index (χ3n) is 2.90. The Morgan fingerprint density at radius 3 is 2.71 bits per heavy atom. The number of hydrogen-bond acceptors (Lipinski definition) is 4. The van der Waals surface area contributed by atoms with Crippen LogP contribution in [0.1, 0.15) is 0 Å². The summed E-state index contributed by atoms with van der Waals surface area (Å²) >= 11 is 1.66. The zero-order valence-electron chi connectivity index (χ0n) is 9.36. The van der Waals surface area contributed by atoms with Crippen LogP contribution in [-0.4, -0.2) is 7.11 Å². The van der Waals surface area contributed by atoms with Gasteiger partial charge in [0.25, 0.3) is 0 Å². The maximum atomic E-state index is 6.14. The smallest absolute Gasteiger partial charge is 0.144 e. The molecule has 3 rings (SSSR count). The van der Waals surface area contributed by atoms with Gasteiger partial charge in [-0.05, 0) is 6.07 Å². The van der Waals surface area contributed by atoms with Gasteiger partial charge in [0.2, 0.25) is 0 Å². The molecule has 17 heavy (non-hydrogen) atoms. The number of methoxy groups -OCH3 is 1. The highest BCUT2D eigenvalue weighted by atomic mass is 32.1. The minimum atomic E-state index is 0.638. The van der Waals surface area contributed by atoms with Crippen LogP contribution >= 0.6 is 11.3 Å². The van der Waals surface area contributed by atoms with Crippen LogP contribution in [0.25, 0.3) is 20.2 Å². The Morgan fingerprint density at radius 1 is 1.18 bits per heavy atom. The number of thiophene rings is 1. The number of nitrogens with two attached hydrogens (primary N) is 2. The van der Waals surface area contributed by atoms with Crippen molar-refractivity contribution in [3.63, 3.8) is 0 Å². The van der Waals surface area contributed by atoms with Crippen LogP contribution in [0, 0.1) is 0 Å². The fourth-order valence-corrected chi connectivity index (χ4v) is 3.24. The van der Waals surface area contributed by atoms with E-state index in [1.165, 1.54) is 4.70 Å². The van der Waals surface area contributed by atoms with Crippen LogP contribution in [-0.2, 0) is 0 Å². The monoisotopic (exact) mass is 244 g/mol. The van der Waals surface area contributed by atoms with E-state index in [4.69, 9.17) is 16.2 Å². The van der Waals surface area contributed by atoms with Gasteiger partial charge in [-0.15, -0.1) is 11.3 Å². The first-order chi connectivity index (χ1) is 8.22. The van der Waals surface area contributed by atoms with E-state index in [9.17, 15) is 0 Å². The number of hydrogen-bond donors (Lipinski definition) is 2. The average molecular weight is 244 g/mol. The molecule has 4 heteroatoms. The summed E-state index contributed by atoms with van der Waals surface area (Å²) in [4.78, 5) is 0. The van der Waals surface area contributed by atoms with Crippen LogP contribution in [0.2, 0.25) is 0 Å². The SMILES string of the molecule is COc1cc(N)c2sc3ccccc3c2c1N. The molecular formula is C13H12N2OS. The Labute approximate surface area is 103 Å². The number of rotatable bonds is 1. The summed E-state index contributed by atoms with van der Waals surface area (Å²) < 4.78 is 7.47. The molecule has 0 amide bonds. The summed E-state index contributed by atoms with van der Waals surface area (Å²) in [7, 11) is 1.60. The van der Waals surface area contributed by atoms with Crippen molar-refractivity contribution in [3.05, 3.63) is 30.3 Å². The summed E-state index contributed by atoms with van der Waals surface area (Å²) in [5.41, 5.74) is 13.6. The van der Waals surface area contributed by atoms with Crippen molar-refractivity contribution in [2.45, 2.75) is 0 Å². The van der Waals surface area contributed by atoms with Gasteiger partial charge in [0.1, 0.15) is 5.75 Å². The van der Waals surface area contributed by atoms with E-state index < -0.39 is 0 Å². The molecule has 1 heterocycles. The third-order valence-corrected chi connectivity index (χ3v) is 4.12. The third kappa shape index (κ3) is 1.34. The van der Waals surface area contributed by atoms with Gasteiger partial charge in [-0.2, -0.15) is 0 Å². The summed E-state index contributed by atoms with van der Waals surface area (Å²) in [5.74, 6) is 0.638. The molecule has 0 saturated carbocycles. The molecule has 0 radical (unpaired) electrons. The van der Waals surface area contributed by atoms with E-state index in [0.29, 0.717) is 17.1 Å². The number of anilines is 2. The molecule has 0 aliphatic heterocycles. The van der Waals surface area contributed by atoms with Gasteiger partial charge in [-0.1, -0.05) is 18.2 Å². The van der Waals surface area contributed by atoms with Crippen molar-refractivity contribution in [1.29, 1.82) is 0 Å². The van der Waals surface area contributed by atoms with E-state index >= 15 is 0 Å². The van der Waals surface area contributed by atoms with Gasteiger partial charge in [0.05, 0.1) is 23.2 Å². The second-order valence-electron chi connectivity index (χ2n) is 3.88. The number of benzene rings is 2. The van der Waals surface area contributed by atoms with Crippen molar-refractivity contribution < 1.29 is 4.74 Å². The van der Waals surface area contributed by atoms with Crippen LogP contribution in [0.15, 0.2) is 30.3 Å². The fourth-order valence-electron chi connectivity index (χ4n) is 2.09. The lowest BCUT2D eigenvalue weighted by Gasteiger charge is -2.07. The van der Waals surface area contributed by atoms with Crippen molar-refractivity contribution in [2.24, 2.45) is 0 Å². The zero-order chi connectivity index (χ0) is 12.0. The van der Waals surface area contributed by atoms with E-state index in [0.717, 1.165) is 15.5 Å². The van der Waals surface area contributed by atoms with Crippen molar-refractivity contribution in [3.8, 4) is 5.75 Å². The van der Waals surface area contributed by atoms with Crippen molar-refractivity contribution >= 4 is 42.9 Å². The standard InChI is InChI=1S/C13H12N2OS/c1-16-9-6-8(14)13-11(12(9)15)7-4-2-3-5-10(7)17-13/h2-6H,14-15H2,1H3. The van der Waals surface area contributed by atoms with Crippen LogP contribution in [0.3, 0.4) is 0 Å². The first-order valence-corrected chi connectivity index (χ1v) is 6.07. The highest BCUT2D eigenvalue weighted by molar-refractivity contribution is 7.26. The molecule has 0 fully saturated rings. The number of fused-ring (bicyclic) bond motifs is 3. The Balaban J connectivity index is 2.58. The molecule has 2 aromatic carbocycles. The molecule has 86 valence electrons. The molecule has 3 aromatic rings. The first-order valence-electron chi connectivity index (χ1n) is 5.25. The van der Waals surface area contributed by atoms with Gasteiger partial charge in [0, 0.05) is 21.5 Å². The van der Waals surface area contributed by atoms with E-state index in [-0.39, 0.29) is 0 Å². The van der Waals surface area contributed by atoms with E-state index in [1.54, 1.807) is 24.5 Å². The van der Waals surface area contributed by atoms with Crippen LogP contribution in [0.4, 0.5) is 11.4 Å². The maximum Gasteiger partial charge on any atom is 0.144 e. The lowest BCUT2D eigenvalue weighted by atomic mass is 10.1. The Kier molecular flexibility index (Phi) is 2.12. The molecule has 0 atom stereocenters. The highest BCUT2D eigenvalue weighted by Gasteiger charge is 2.14. The van der Waals surface area contributed by atoms with Crippen molar-refractivity contribution in [1.82, 2.24) is 0 Å². The summed E-state index contributed by atoms with van der Waals surface area (Å²) in [6.45, 7) is 0. The molecule has 0 aliphatic rings. The minimum Gasteiger partial charge on any atom is -0.494 e. The molecular weight excluding hydrogens is 232 g/mol. The number of ether oxygens (including phenoxy) is 1. The lowest BCUT2D eigenvalue weighted by Crippen LogP contribution is -1.95. The molecule has 0 unspecified atom stereocenters. The fraction of sp³-hybridized carbons (Fsp3) is 0.0769. The molecule has 0 bridgehead atoms. The van der Waals surface area contributed by atoms with Gasteiger partial charge in [-0.25, -0.2) is 0 Å². The summed E-state index contributed by atoms with van der Waals surface area (Å²) in [6, 6.07) is 9.94. The lowest BCUT2D eigenvalue weighted by molar-refractivity contribution is 0.418. The van der Waals surface area contributed by atoms with Crippen LogP contribution < -0.4 is 16.2 Å². The quantitative estimate of drug-likeness (QED) is 0.646. The molecule has 1 aromatic heterocycles. The first kappa shape index (κ1) is 10.2. The van der Waals surface area contributed by atoms with E-state index in [2.05, 4.69) is 12.1 Å². The zero-order valence-corrected chi connectivity index (χ0v) is 10.2. The second-order valence-corrected chi connectivity index (χ2v) is 4.94. The highest BCUT2D eigenvalue weighted by Crippen LogP contribution is 2.44. The predicted octanol–water partition coefficient (Wildman–Crippen LogP) is 3.23. The van der Waals surface area contributed by atoms with E-state index in [1.807, 2.05) is 12.1 Å². The Hall–Kier alpha value is -1.94. The predicted molar refractivity (Wildman–Crippen MR) is 74.7 cm³/mol. The topological polar surface area (TPSA) is 61.3 Å². The van der Waals surface area contributed by atoms with Gasteiger partial charge < -0.3 is 16.2 Å². The minimum absolute atomic E-state index is 0.638. The normalized spacial score (nSPS) is 11.1. The van der Waals surface area contributed by atoms with Crippen LogP contribution in [0.5, 0.6) is 5.75 Å². The maximum absolute atomic E-state index is 6.14. The van der Waals surface area contributed by atoms with Gasteiger partial charge in [-0.3, -0.25) is 0 Å².